The van der Waals surface area contributed by atoms with Crippen molar-refractivity contribution >= 4 is 22.6 Å². The van der Waals surface area contributed by atoms with Gasteiger partial charge in [-0.2, -0.15) is 5.10 Å². The molecular weight excluding hydrogens is 316 g/mol. The normalized spacial score (nSPS) is 11.2. The molecule has 0 aliphatic carbocycles. The monoisotopic (exact) mass is 338 g/mol. The zero-order valence-corrected chi connectivity index (χ0v) is 14.7. The van der Waals surface area contributed by atoms with E-state index in [2.05, 4.69) is 25.3 Å². The molecule has 0 fully saturated rings. The molecule has 0 aromatic carbocycles. The van der Waals surface area contributed by atoms with Gasteiger partial charge in [-0.25, -0.2) is 9.97 Å². The van der Waals surface area contributed by atoms with Crippen molar-refractivity contribution in [3.63, 3.8) is 0 Å². The molecule has 3 rings (SSSR count). The fraction of sp³-hybridized carbons (Fsp3) is 0.333. The summed E-state index contributed by atoms with van der Waals surface area (Å²) in [5.74, 6) is 0.444. The van der Waals surface area contributed by atoms with Gasteiger partial charge in [0.25, 0.3) is 0 Å². The van der Waals surface area contributed by atoms with Crippen molar-refractivity contribution in [3.05, 3.63) is 36.8 Å². The third-order valence-electron chi connectivity index (χ3n) is 4.10. The number of carbonyl (C=O) groups is 1. The summed E-state index contributed by atoms with van der Waals surface area (Å²) in [6.07, 6.45) is 5.42. The molecule has 3 heterocycles. The molecule has 130 valence electrons. The van der Waals surface area contributed by atoms with Crippen LogP contribution < -0.4 is 5.32 Å². The van der Waals surface area contributed by atoms with Gasteiger partial charge in [0.1, 0.15) is 5.82 Å². The van der Waals surface area contributed by atoms with Crippen molar-refractivity contribution in [1.82, 2.24) is 24.6 Å². The minimum atomic E-state index is -0.0704. The van der Waals surface area contributed by atoms with Gasteiger partial charge in [0, 0.05) is 36.5 Å². The fourth-order valence-electron chi connectivity index (χ4n) is 2.63. The summed E-state index contributed by atoms with van der Waals surface area (Å²) in [7, 11) is 1.87. The lowest BCUT2D eigenvalue weighted by molar-refractivity contribution is -0.117. The maximum absolute atomic E-state index is 12.1. The van der Waals surface area contributed by atoms with Crippen LogP contribution in [0.5, 0.6) is 0 Å². The minimum absolute atomic E-state index is 0.0704. The Morgan fingerprint density at radius 3 is 2.72 bits per heavy atom. The maximum Gasteiger partial charge on any atom is 0.239 e. The molecule has 3 aromatic rings. The van der Waals surface area contributed by atoms with E-state index in [-0.39, 0.29) is 5.91 Å². The van der Waals surface area contributed by atoms with Gasteiger partial charge in [0.15, 0.2) is 0 Å². The Balaban J connectivity index is 1.82. The van der Waals surface area contributed by atoms with E-state index in [1.54, 1.807) is 23.1 Å². The minimum Gasteiger partial charge on any atom is -0.310 e. The van der Waals surface area contributed by atoms with Crippen molar-refractivity contribution in [2.24, 2.45) is 7.05 Å². The molecule has 0 atom stereocenters. The molecule has 0 saturated heterocycles. The second kappa shape index (κ2) is 7.40. The molecular formula is C18H22N6O. The highest BCUT2D eigenvalue weighted by Gasteiger charge is 2.10. The SMILES string of the molecule is CCN(CC)CC(=O)Nc1cc2nc(-c3cnn(C)c3)ccc2cn1. The number of nitrogens with one attached hydrogen (secondary N) is 1. The molecule has 1 amide bonds. The number of carbonyl (C=O) groups excluding carboxylic acids is 1. The summed E-state index contributed by atoms with van der Waals surface area (Å²) in [4.78, 5) is 23.2. The largest absolute Gasteiger partial charge is 0.310 e. The number of hydrogen-bond donors (Lipinski definition) is 1. The Kier molecular flexibility index (Phi) is 5.04. The molecule has 3 aromatic heterocycles. The summed E-state index contributed by atoms with van der Waals surface area (Å²) >= 11 is 0. The van der Waals surface area contributed by atoms with Gasteiger partial charge in [-0.3, -0.25) is 14.4 Å². The van der Waals surface area contributed by atoms with Gasteiger partial charge in [0.2, 0.25) is 5.91 Å². The highest BCUT2D eigenvalue weighted by Crippen LogP contribution is 2.21. The number of rotatable bonds is 6. The van der Waals surface area contributed by atoms with Crippen molar-refractivity contribution in [3.8, 4) is 11.3 Å². The van der Waals surface area contributed by atoms with E-state index in [1.165, 1.54) is 0 Å². The van der Waals surface area contributed by atoms with Gasteiger partial charge in [-0.1, -0.05) is 13.8 Å². The van der Waals surface area contributed by atoms with Gasteiger partial charge >= 0.3 is 0 Å². The third kappa shape index (κ3) is 4.00. The van der Waals surface area contributed by atoms with E-state index in [4.69, 9.17) is 0 Å². The molecule has 0 spiro atoms. The smallest absolute Gasteiger partial charge is 0.239 e. The highest BCUT2D eigenvalue weighted by molar-refractivity contribution is 5.93. The fourth-order valence-corrected chi connectivity index (χ4v) is 2.63. The van der Waals surface area contributed by atoms with Crippen molar-refractivity contribution in [2.75, 3.05) is 25.0 Å². The lowest BCUT2D eigenvalue weighted by Crippen LogP contribution is -2.33. The summed E-state index contributed by atoms with van der Waals surface area (Å²) in [6.45, 7) is 6.11. The van der Waals surface area contributed by atoms with E-state index in [0.717, 1.165) is 35.2 Å². The average Bonchev–Trinajstić information content (AvgIpc) is 3.05. The summed E-state index contributed by atoms with van der Waals surface area (Å²) in [5.41, 5.74) is 2.58. The van der Waals surface area contributed by atoms with Gasteiger partial charge < -0.3 is 5.32 Å². The summed E-state index contributed by atoms with van der Waals surface area (Å²) < 4.78 is 1.74. The second-order valence-corrected chi connectivity index (χ2v) is 5.87. The lowest BCUT2D eigenvalue weighted by Gasteiger charge is -2.17. The third-order valence-corrected chi connectivity index (χ3v) is 4.10. The molecule has 25 heavy (non-hydrogen) atoms. The predicted molar refractivity (Wildman–Crippen MR) is 98.2 cm³/mol. The van der Waals surface area contributed by atoms with E-state index < -0.39 is 0 Å². The van der Waals surface area contributed by atoms with Crippen LogP contribution in [0, 0.1) is 0 Å². The molecule has 0 aliphatic heterocycles. The molecule has 0 unspecified atom stereocenters. The van der Waals surface area contributed by atoms with E-state index in [0.29, 0.717) is 12.4 Å². The number of pyridine rings is 2. The average molecular weight is 338 g/mol. The number of anilines is 1. The number of aromatic nitrogens is 4. The zero-order valence-electron chi connectivity index (χ0n) is 14.7. The van der Waals surface area contributed by atoms with Gasteiger partial charge in [-0.15, -0.1) is 0 Å². The second-order valence-electron chi connectivity index (χ2n) is 5.87. The molecule has 7 nitrogen and oxygen atoms in total. The quantitative estimate of drug-likeness (QED) is 0.746. The van der Waals surface area contributed by atoms with Crippen LogP contribution in [0.25, 0.3) is 22.2 Å². The van der Waals surface area contributed by atoms with E-state index in [1.807, 2.05) is 39.2 Å². The van der Waals surface area contributed by atoms with Crippen molar-refractivity contribution < 1.29 is 4.79 Å². The number of likely N-dealkylation sites (N-methyl/N-ethyl adjacent to an activating group) is 1. The van der Waals surface area contributed by atoms with Crippen LogP contribution in [0.4, 0.5) is 5.82 Å². The molecule has 0 radical (unpaired) electrons. The van der Waals surface area contributed by atoms with Crippen LogP contribution in [0.1, 0.15) is 13.8 Å². The number of hydrogen-bond acceptors (Lipinski definition) is 5. The van der Waals surface area contributed by atoms with E-state index >= 15 is 0 Å². The van der Waals surface area contributed by atoms with Crippen molar-refractivity contribution in [1.29, 1.82) is 0 Å². The van der Waals surface area contributed by atoms with Crippen LogP contribution in [0.15, 0.2) is 36.8 Å². The summed E-state index contributed by atoms with van der Waals surface area (Å²) in [5, 5.41) is 7.95. The van der Waals surface area contributed by atoms with Gasteiger partial charge in [0.05, 0.1) is 24.0 Å². The first-order valence-electron chi connectivity index (χ1n) is 8.37. The Morgan fingerprint density at radius 1 is 1.24 bits per heavy atom. The summed E-state index contributed by atoms with van der Waals surface area (Å²) in [6, 6.07) is 5.72. The highest BCUT2D eigenvalue weighted by atomic mass is 16.2. The molecule has 1 N–H and O–H groups in total. The lowest BCUT2D eigenvalue weighted by atomic mass is 10.2. The van der Waals surface area contributed by atoms with Crippen LogP contribution >= 0.6 is 0 Å². The number of nitrogens with zero attached hydrogens (tertiary/aromatic N) is 5. The first kappa shape index (κ1) is 17.0. The zero-order chi connectivity index (χ0) is 17.8. The predicted octanol–water partition coefficient (Wildman–Crippen LogP) is 2.31. The standard InChI is InChI=1S/C18H22N6O/c1-4-24(5-2)12-18(25)22-17-8-16-13(9-19-17)6-7-15(21-16)14-10-20-23(3)11-14/h6-11H,4-5,12H2,1-3H3,(H,19,22,25). The Labute approximate surface area is 146 Å². The number of fused-ring (bicyclic) bond motifs is 1. The van der Waals surface area contributed by atoms with Crippen LogP contribution in [-0.4, -0.2) is 50.2 Å². The first-order chi connectivity index (χ1) is 12.1. The molecule has 0 saturated carbocycles. The molecule has 0 aliphatic rings. The Morgan fingerprint density at radius 2 is 2.04 bits per heavy atom. The topological polar surface area (TPSA) is 75.9 Å². The van der Waals surface area contributed by atoms with E-state index in [9.17, 15) is 4.79 Å². The van der Waals surface area contributed by atoms with Crippen LogP contribution in [0.3, 0.4) is 0 Å². The molecule has 7 heteroatoms. The number of aryl methyl sites for hydroxylation is 1. The Hall–Kier alpha value is -2.80. The Bertz CT molecular complexity index is 884. The van der Waals surface area contributed by atoms with Crippen molar-refractivity contribution in [2.45, 2.75) is 13.8 Å². The van der Waals surface area contributed by atoms with Gasteiger partial charge in [-0.05, 0) is 25.2 Å². The maximum atomic E-state index is 12.1. The molecule has 0 bridgehead atoms. The number of amides is 1. The van der Waals surface area contributed by atoms with Crippen LogP contribution in [0.2, 0.25) is 0 Å². The first-order valence-corrected chi connectivity index (χ1v) is 8.37. The van der Waals surface area contributed by atoms with Crippen LogP contribution in [-0.2, 0) is 11.8 Å².